The van der Waals surface area contributed by atoms with E-state index in [0.717, 1.165) is 50.5 Å². The van der Waals surface area contributed by atoms with Crippen molar-refractivity contribution in [1.82, 2.24) is 15.5 Å². The molecule has 7 nitrogen and oxygen atoms in total. The van der Waals surface area contributed by atoms with Gasteiger partial charge in [-0.25, -0.2) is 4.79 Å². The van der Waals surface area contributed by atoms with Gasteiger partial charge in [0.15, 0.2) is 5.96 Å². The number of halogens is 1. The highest BCUT2D eigenvalue weighted by Gasteiger charge is 2.24. The van der Waals surface area contributed by atoms with Crippen LogP contribution in [0.15, 0.2) is 27.8 Å². The first-order valence-corrected chi connectivity index (χ1v) is 10.7. The van der Waals surface area contributed by atoms with Crippen molar-refractivity contribution in [2.45, 2.75) is 64.8 Å². The Hall–Kier alpha value is -1.45. The number of nitrogens with zero attached hydrogens (tertiary/aromatic N) is 2. The highest BCUT2D eigenvalue weighted by atomic mass is 127. The van der Waals surface area contributed by atoms with Gasteiger partial charge in [-0.15, -0.1) is 24.0 Å². The van der Waals surface area contributed by atoms with Crippen molar-refractivity contribution in [3.63, 3.8) is 0 Å². The molecule has 2 rings (SSSR count). The lowest BCUT2D eigenvalue weighted by molar-refractivity contribution is 0.0963. The topological polar surface area (TPSA) is 79.1 Å². The second kappa shape index (κ2) is 15.4. The Morgan fingerprint density at radius 2 is 2.07 bits per heavy atom. The van der Waals surface area contributed by atoms with Crippen molar-refractivity contribution in [3.8, 4) is 0 Å². The molecule has 0 saturated carbocycles. The number of aliphatic imine (C=N–C) groups is 1. The normalized spacial score (nSPS) is 15.0. The number of piperidine rings is 1. The fourth-order valence-electron chi connectivity index (χ4n) is 3.26. The second-order valence-electron chi connectivity index (χ2n) is 7.15. The fraction of sp³-hybridized carbons (Fsp3) is 0.714. The Kier molecular flexibility index (Phi) is 13.6. The quantitative estimate of drug-likeness (QED) is 0.210. The predicted octanol–water partition coefficient (Wildman–Crippen LogP) is 4.18. The standard InChI is InChI=1S/C21H36N4O3.HI/c1-3-5-6-7-13-22-20(23-14-10-19-9-8-17-28-19)24-18-11-15-25(16-12-18)21(26)27-4-2;/h8-9,17-18H,3-7,10-16H2,1-2H3,(H2,22,23,24);1H. The van der Waals surface area contributed by atoms with Crippen LogP contribution in [0.3, 0.4) is 0 Å². The number of hydrogen-bond acceptors (Lipinski definition) is 4. The Labute approximate surface area is 192 Å². The van der Waals surface area contributed by atoms with Crippen LogP contribution in [0.1, 0.15) is 58.1 Å². The second-order valence-corrected chi connectivity index (χ2v) is 7.15. The molecule has 29 heavy (non-hydrogen) atoms. The van der Waals surface area contributed by atoms with Gasteiger partial charge in [-0.1, -0.05) is 26.2 Å². The molecule has 0 spiro atoms. The average molecular weight is 520 g/mol. The number of hydrogen-bond donors (Lipinski definition) is 2. The Balaban J connectivity index is 0.00000420. The van der Waals surface area contributed by atoms with E-state index in [-0.39, 0.29) is 30.1 Å². The summed E-state index contributed by atoms with van der Waals surface area (Å²) in [4.78, 5) is 18.4. The van der Waals surface area contributed by atoms with E-state index in [1.807, 2.05) is 19.1 Å². The highest BCUT2D eigenvalue weighted by Crippen LogP contribution is 2.11. The van der Waals surface area contributed by atoms with Crippen molar-refractivity contribution >= 4 is 36.0 Å². The van der Waals surface area contributed by atoms with E-state index in [1.54, 1.807) is 11.2 Å². The molecule has 2 heterocycles. The van der Waals surface area contributed by atoms with Gasteiger partial charge in [0, 0.05) is 38.6 Å². The fourth-order valence-corrected chi connectivity index (χ4v) is 3.26. The molecule has 1 amide bonds. The van der Waals surface area contributed by atoms with Gasteiger partial charge in [-0.05, 0) is 38.3 Å². The van der Waals surface area contributed by atoms with Gasteiger partial charge in [0.05, 0.1) is 12.9 Å². The zero-order valence-corrected chi connectivity index (χ0v) is 20.2. The number of guanidine groups is 1. The summed E-state index contributed by atoms with van der Waals surface area (Å²) in [6.45, 7) is 7.51. The van der Waals surface area contributed by atoms with E-state index in [4.69, 9.17) is 14.1 Å². The first kappa shape index (κ1) is 25.6. The largest absolute Gasteiger partial charge is 0.469 e. The van der Waals surface area contributed by atoms with Crippen LogP contribution < -0.4 is 10.6 Å². The molecular formula is C21H37IN4O3. The summed E-state index contributed by atoms with van der Waals surface area (Å²) >= 11 is 0. The van der Waals surface area contributed by atoms with Crippen LogP contribution in [0.25, 0.3) is 0 Å². The number of rotatable bonds is 10. The molecule has 1 aromatic rings. The molecule has 0 unspecified atom stereocenters. The monoisotopic (exact) mass is 520 g/mol. The molecule has 166 valence electrons. The van der Waals surface area contributed by atoms with Crippen LogP contribution in [0, 0.1) is 0 Å². The van der Waals surface area contributed by atoms with Crippen LogP contribution in [-0.2, 0) is 11.2 Å². The van der Waals surface area contributed by atoms with E-state index in [0.29, 0.717) is 25.7 Å². The van der Waals surface area contributed by atoms with Gasteiger partial charge in [-0.3, -0.25) is 4.99 Å². The van der Waals surface area contributed by atoms with E-state index in [9.17, 15) is 4.79 Å². The molecule has 1 saturated heterocycles. The van der Waals surface area contributed by atoms with Crippen LogP contribution in [-0.4, -0.2) is 55.8 Å². The summed E-state index contributed by atoms with van der Waals surface area (Å²) in [6, 6.07) is 4.21. The molecule has 0 bridgehead atoms. The third-order valence-electron chi connectivity index (χ3n) is 4.89. The first-order valence-electron chi connectivity index (χ1n) is 10.7. The highest BCUT2D eigenvalue weighted by molar-refractivity contribution is 14.0. The molecular weight excluding hydrogens is 483 g/mol. The lowest BCUT2D eigenvalue weighted by atomic mass is 10.1. The van der Waals surface area contributed by atoms with Gasteiger partial charge in [0.2, 0.25) is 0 Å². The molecule has 0 aromatic carbocycles. The van der Waals surface area contributed by atoms with E-state index in [1.165, 1.54) is 19.3 Å². The van der Waals surface area contributed by atoms with Crippen molar-refractivity contribution < 1.29 is 13.9 Å². The van der Waals surface area contributed by atoms with Gasteiger partial charge in [-0.2, -0.15) is 0 Å². The zero-order chi connectivity index (χ0) is 20.0. The lowest BCUT2D eigenvalue weighted by Crippen LogP contribution is -2.50. The number of likely N-dealkylation sites (tertiary alicyclic amines) is 1. The zero-order valence-electron chi connectivity index (χ0n) is 17.8. The van der Waals surface area contributed by atoms with Crippen LogP contribution >= 0.6 is 24.0 Å². The summed E-state index contributed by atoms with van der Waals surface area (Å²) < 4.78 is 10.5. The molecule has 0 radical (unpaired) electrons. The minimum atomic E-state index is -0.206. The molecule has 1 aliphatic heterocycles. The summed E-state index contributed by atoms with van der Waals surface area (Å²) in [5, 5.41) is 6.97. The minimum absolute atomic E-state index is 0. The van der Waals surface area contributed by atoms with E-state index >= 15 is 0 Å². The van der Waals surface area contributed by atoms with Gasteiger partial charge in [0.25, 0.3) is 0 Å². The molecule has 0 atom stereocenters. The number of amides is 1. The Morgan fingerprint density at radius 1 is 1.28 bits per heavy atom. The van der Waals surface area contributed by atoms with Crippen LogP contribution in [0.5, 0.6) is 0 Å². The van der Waals surface area contributed by atoms with Gasteiger partial charge in [0.1, 0.15) is 5.76 Å². The smallest absolute Gasteiger partial charge is 0.409 e. The van der Waals surface area contributed by atoms with Crippen molar-refractivity contribution in [2.24, 2.45) is 4.99 Å². The van der Waals surface area contributed by atoms with Gasteiger partial charge >= 0.3 is 6.09 Å². The Bertz CT molecular complexity index is 572. The summed E-state index contributed by atoms with van der Waals surface area (Å²) in [6.07, 6.45) is 8.94. The summed E-state index contributed by atoms with van der Waals surface area (Å²) in [7, 11) is 0. The maximum absolute atomic E-state index is 11.8. The molecule has 8 heteroatoms. The molecule has 2 N–H and O–H groups in total. The van der Waals surface area contributed by atoms with Crippen LogP contribution in [0.2, 0.25) is 0 Å². The van der Waals surface area contributed by atoms with Crippen LogP contribution in [0.4, 0.5) is 4.79 Å². The Morgan fingerprint density at radius 3 is 2.72 bits per heavy atom. The number of nitrogens with one attached hydrogen (secondary N) is 2. The summed E-state index contributed by atoms with van der Waals surface area (Å²) in [5.41, 5.74) is 0. The number of unbranched alkanes of at least 4 members (excludes halogenated alkanes) is 3. The van der Waals surface area contributed by atoms with E-state index < -0.39 is 0 Å². The minimum Gasteiger partial charge on any atom is -0.469 e. The summed E-state index contributed by atoms with van der Waals surface area (Å²) in [5.74, 6) is 1.83. The van der Waals surface area contributed by atoms with Crippen molar-refractivity contribution in [3.05, 3.63) is 24.2 Å². The number of ether oxygens (including phenoxy) is 1. The third kappa shape index (κ3) is 10.2. The van der Waals surface area contributed by atoms with Crippen molar-refractivity contribution in [2.75, 3.05) is 32.8 Å². The molecule has 1 fully saturated rings. The van der Waals surface area contributed by atoms with Crippen molar-refractivity contribution in [1.29, 1.82) is 0 Å². The molecule has 0 aliphatic carbocycles. The first-order chi connectivity index (χ1) is 13.7. The molecule has 1 aliphatic rings. The SMILES string of the molecule is CCCCCCN=C(NCCc1ccco1)NC1CCN(C(=O)OCC)CC1.I. The molecule has 1 aromatic heterocycles. The average Bonchev–Trinajstić information content (AvgIpc) is 3.22. The maximum Gasteiger partial charge on any atom is 0.409 e. The number of furan rings is 1. The maximum atomic E-state index is 11.8. The van der Waals surface area contributed by atoms with Gasteiger partial charge < -0.3 is 24.7 Å². The third-order valence-corrected chi connectivity index (χ3v) is 4.89. The van der Waals surface area contributed by atoms with E-state index in [2.05, 4.69) is 17.6 Å². The number of carbonyl (C=O) groups is 1. The predicted molar refractivity (Wildman–Crippen MR) is 127 cm³/mol. The lowest BCUT2D eigenvalue weighted by Gasteiger charge is -2.32. The number of carbonyl (C=O) groups excluding carboxylic acids is 1.